The molecule has 1 aromatic rings. The van der Waals surface area contributed by atoms with E-state index in [1.54, 1.807) is 9.80 Å². The van der Waals surface area contributed by atoms with Crippen LogP contribution in [0.5, 0.6) is 0 Å². The Morgan fingerprint density at radius 3 is 2.75 bits per heavy atom. The van der Waals surface area contributed by atoms with Crippen molar-refractivity contribution in [3.63, 3.8) is 0 Å². The van der Waals surface area contributed by atoms with Gasteiger partial charge in [-0.2, -0.15) is 0 Å². The van der Waals surface area contributed by atoms with E-state index in [-0.39, 0.29) is 23.7 Å². The number of hydrogen-bond donors (Lipinski definition) is 1. The standard InChI is InChI=1S/C21H25N3O4/c25-18(24-10-6-15-13-28-19(26)17(15)24)16(12-14-4-2-1-3-5-14)23-11-9-22-21(7-8-21)20(23)27/h1-5,15-17,22H,6-13H2/t15-,16-,17-/m0/s1. The first kappa shape index (κ1) is 17.7. The summed E-state index contributed by atoms with van der Waals surface area (Å²) in [7, 11) is 0. The Labute approximate surface area is 164 Å². The summed E-state index contributed by atoms with van der Waals surface area (Å²) < 4.78 is 5.18. The molecule has 7 nitrogen and oxygen atoms in total. The van der Waals surface area contributed by atoms with E-state index in [0.717, 1.165) is 24.8 Å². The zero-order valence-corrected chi connectivity index (χ0v) is 15.8. The first-order valence-corrected chi connectivity index (χ1v) is 10.2. The van der Waals surface area contributed by atoms with Crippen LogP contribution in [0, 0.1) is 5.92 Å². The summed E-state index contributed by atoms with van der Waals surface area (Å²) in [6.45, 7) is 2.15. The lowest BCUT2D eigenvalue weighted by molar-refractivity contribution is -0.153. The molecule has 0 aromatic heterocycles. The Morgan fingerprint density at radius 2 is 2.00 bits per heavy atom. The van der Waals surface area contributed by atoms with E-state index in [1.165, 1.54) is 0 Å². The number of rotatable bonds is 4. The Kier molecular flexibility index (Phi) is 4.16. The van der Waals surface area contributed by atoms with Crippen molar-refractivity contribution in [2.24, 2.45) is 5.92 Å². The minimum absolute atomic E-state index is 0.0257. The van der Waals surface area contributed by atoms with Crippen LogP contribution in [0.2, 0.25) is 0 Å². The maximum absolute atomic E-state index is 13.6. The highest BCUT2D eigenvalue weighted by atomic mass is 16.5. The van der Waals surface area contributed by atoms with Crippen molar-refractivity contribution in [1.82, 2.24) is 15.1 Å². The second-order valence-electron chi connectivity index (χ2n) is 8.37. The van der Waals surface area contributed by atoms with Crippen molar-refractivity contribution in [2.75, 3.05) is 26.2 Å². The number of nitrogens with zero attached hydrogens (tertiary/aromatic N) is 2. The van der Waals surface area contributed by atoms with Crippen LogP contribution < -0.4 is 5.32 Å². The monoisotopic (exact) mass is 383 g/mol. The molecule has 1 spiro atoms. The van der Waals surface area contributed by atoms with Gasteiger partial charge in [-0.15, -0.1) is 0 Å². The molecule has 4 fully saturated rings. The maximum Gasteiger partial charge on any atom is 0.329 e. The van der Waals surface area contributed by atoms with Gasteiger partial charge in [0.1, 0.15) is 12.1 Å². The predicted octanol–water partition coefficient (Wildman–Crippen LogP) is 0.336. The number of likely N-dealkylation sites (tertiary alicyclic amines) is 1. The first-order chi connectivity index (χ1) is 13.6. The van der Waals surface area contributed by atoms with Crippen molar-refractivity contribution in [3.8, 4) is 0 Å². The topological polar surface area (TPSA) is 79.0 Å². The molecule has 1 aliphatic carbocycles. The fraction of sp³-hybridized carbons (Fsp3) is 0.571. The van der Waals surface area contributed by atoms with Gasteiger partial charge in [0.25, 0.3) is 0 Å². The van der Waals surface area contributed by atoms with Gasteiger partial charge < -0.3 is 19.9 Å². The molecule has 3 saturated heterocycles. The number of ether oxygens (including phenoxy) is 1. The zero-order chi connectivity index (χ0) is 19.3. The van der Waals surface area contributed by atoms with Crippen LogP contribution in [-0.2, 0) is 25.5 Å². The normalized spacial score (nSPS) is 29.0. The third-order valence-corrected chi connectivity index (χ3v) is 6.66. The van der Waals surface area contributed by atoms with Gasteiger partial charge in [-0.25, -0.2) is 4.79 Å². The van der Waals surface area contributed by atoms with Crippen LogP contribution in [0.4, 0.5) is 0 Å². The molecule has 3 atom stereocenters. The average molecular weight is 383 g/mol. The lowest BCUT2D eigenvalue weighted by atomic mass is 9.99. The van der Waals surface area contributed by atoms with Crippen molar-refractivity contribution in [1.29, 1.82) is 0 Å². The Morgan fingerprint density at radius 1 is 1.21 bits per heavy atom. The number of esters is 1. The van der Waals surface area contributed by atoms with Gasteiger partial charge >= 0.3 is 5.97 Å². The Balaban J connectivity index is 1.44. The average Bonchev–Trinajstić information content (AvgIpc) is 3.20. The molecule has 4 aliphatic rings. The smallest absolute Gasteiger partial charge is 0.329 e. The molecular formula is C21H25N3O4. The number of amides is 2. The summed E-state index contributed by atoms with van der Waals surface area (Å²) >= 11 is 0. The van der Waals surface area contributed by atoms with Gasteiger partial charge in [-0.1, -0.05) is 30.3 Å². The van der Waals surface area contributed by atoms with E-state index < -0.39 is 17.6 Å². The molecule has 0 radical (unpaired) electrons. The molecule has 1 aromatic carbocycles. The molecule has 0 bridgehead atoms. The molecule has 3 aliphatic heterocycles. The summed E-state index contributed by atoms with van der Waals surface area (Å²) in [4.78, 5) is 42.4. The SMILES string of the molecule is O=C1OC[C@@H]2CCN(C(=O)[C@H](Cc3ccccc3)N3CCNC4(CC4)C3=O)[C@H]12. The van der Waals surface area contributed by atoms with E-state index in [4.69, 9.17) is 4.74 Å². The molecule has 1 saturated carbocycles. The van der Waals surface area contributed by atoms with Crippen LogP contribution in [-0.4, -0.2) is 71.4 Å². The summed E-state index contributed by atoms with van der Waals surface area (Å²) in [5.74, 6) is -0.319. The van der Waals surface area contributed by atoms with E-state index in [0.29, 0.717) is 32.7 Å². The highest BCUT2D eigenvalue weighted by Crippen LogP contribution is 2.40. The van der Waals surface area contributed by atoms with Crippen molar-refractivity contribution >= 4 is 17.8 Å². The second-order valence-corrected chi connectivity index (χ2v) is 8.37. The van der Waals surface area contributed by atoms with Crippen LogP contribution in [0.25, 0.3) is 0 Å². The van der Waals surface area contributed by atoms with E-state index >= 15 is 0 Å². The fourth-order valence-electron chi connectivity index (χ4n) is 4.91. The van der Waals surface area contributed by atoms with Gasteiger partial charge in [0.15, 0.2) is 0 Å². The molecule has 148 valence electrons. The number of carbonyl (C=O) groups excluding carboxylic acids is 3. The summed E-state index contributed by atoms with van der Waals surface area (Å²) in [5.41, 5.74) is 0.551. The number of piperazine rings is 1. The highest BCUT2D eigenvalue weighted by Gasteiger charge is 2.56. The quantitative estimate of drug-likeness (QED) is 0.759. The van der Waals surface area contributed by atoms with Gasteiger partial charge in [-0.05, 0) is 24.8 Å². The lowest BCUT2D eigenvalue weighted by Crippen LogP contribution is -2.63. The molecule has 1 N–H and O–H groups in total. The minimum atomic E-state index is -0.582. The molecular weight excluding hydrogens is 358 g/mol. The van der Waals surface area contributed by atoms with Gasteiger partial charge in [0.2, 0.25) is 11.8 Å². The van der Waals surface area contributed by atoms with Crippen LogP contribution >= 0.6 is 0 Å². The fourth-order valence-corrected chi connectivity index (χ4v) is 4.91. The van der Waals surface area contributed by atoms with Gasteiger partial charge in [-0.3, -0.25) is 9.59 Å². The molecule has 2 amide bonds. The van der Waals surface area contributed by atoms with Gasteiger partial charge in [0, 0.05) is 32.0 Å². The van der Waals surface area contributed by atoms with Crippen LogP contribution in [0.3, 0.4) is 0 Å². The zero-order valence-electron chi connectivity index (χ0n) is 15.8. The summed E-state index contributed by atoms with van der Waals surface area (Å²) in [5, 5.41) is 3.33. The number of fused-ring (bicyclic) bond motifs is 1. The Hall–Kier alpha value is -2.41. The second kappa shape index (κ2) is 6.58. The van der Waals surface area contributed by atoms with Crippen molar-refractivity contribution < 1.29 is 19.1 Å². The third-order valence-electron chi connectivity index (χ3n) is 6.66. The number of benzene rings is 1. The Bertz CT molecular complexity index is 807. The maximum atomic E-state index is 13.6. The largest absolute Gasteiger partial charge is 0.464 e. The van der Waals surface area contributed by atoms with E-state index in [9.17, 15) is 14.4 Å². The van der Waals surface area contributed by atoms with Crippen LogP contribution in [0.15, 0.2) is 30.3 Å². The molecule has 7 heteroatoms. The van der Waals surface area contributed by atoms with Crippen LogP contribution in [0.1, 0.15) is 24.8 Å². The predicted molar refractivity (Wildman–Crippen MR) is 100 cm³/mol. The molecule has 0 unspecified atom stereocenters. The first-order valence-electron chi connectivity index (χ1n) is 10.2. The number of hydrogen-bond acceptors (Lipinski definition) is 5. The molecule has 5 rings (SSSR count). The number of carbonyl (C=O) groups is 3. The lowest BCUT2D eigenvalue weighted by Gasteiger charge is -2.40. The van der Waals surface area contributed by atoms with E-state index in [2.05, 4.69) is 5.32 Å². The van der Waals surface area contributed by atoms with Crippen molar-refractivity contribution in [3.05, 3.63) is 35.9 Å². The minimum Gasteiger partial charge on any atom is -0.464 e. The third kappa shape index (κ3) is 2.80. The molecule has 3 heterocycles. The number of cyclic esters (lactones) is 1. The summed E-state index contributed by atoms with van der Waals surface area (Å²) in [6.07, 6.45) is 2.90. The van der Waals surface area contributed by atoms with Gasteiger partial charge in [0.05, 0.1) is 12.1 Å². The van der Waals surface area contributed by atoms with E-state index in [1.807, 2.05) is 30.3 Å². The molecule has 28 heavy (non-hydrogen) atoms. The highest BCUT2D eigenvalue weighted by molar-refractivity contribution is 5.96. The summed E-state index contributed by atoms with van der Waals surface area (Å²) in [6, 6.07) is 8.72. The number of nitrogens with one attached hydrogen (secondary N) is 1. The van der Waals surface area contributed by atoms with Crippen molar-refractivity contribution in [2.45, 2.75) is 43.3 Å².